The second kappa shape index (κ2) is 10.2. The molecule has 1 saturated heterocycles. The van der Waals surface area contributed by atoms with Crippen LogP contribution in [0, 0.1) is 6.92 Å². The zero-order valence-corrected chi connectivity index (χ0v) is 21.2. The van der Waals surface area contributed by atoms with Crippen molar-refractivity contribution in [3.8, 4) is 21.6 Å². The second-order valence-corrected chi connectivity index (χ2v) is 9.86. The molecule has 1 aliphatic heterocycles. The molecule has 2 N–H and O–H groups in total. The quantitative estimate of drug-likeness (QED) is 0.294. The summed E-state index contributed by atoms with van der Waals surface area (Å²) in [6.07, 6.45) is -0.918. The standard InChI is InChI=1S/C29H26N2O5S/c1-18-25(30-28(34)36-19(2)20-6-4-3-5-7-20)26(37-31-18)23-10-8-21(9-11-23)22-12-14-24(15-13-22)29(27(32)33)16-35-17-29/h3-15,19H,16-17H2,1-2H3,(H,30,34)(H,32,33)/t19-/m1/s1. The summed E-state index contributed by atoms with van der Waals surface area (Å²) in [5.41, 5.74) is 4.97. The van der Waals surface area contributed by atoms with Gasteiger partial charge in [-0.1, -0.05) is 78.9 Å². The summed E-state index contributed by atoms with van der Waals surface area (Å²) in [7, 11) is 0. The van der Waals surface area contributed by atoms with E-state index in [0.29, 0.717) is 5.69 Å². The second-order valence-electron chi connectivity index (χ2n) is 9.09. The van der Waals surface area contributed by atoms with Gasteiger partial charge in [0.1, 0.15) is 11.5 Å². The summed E-state index contributed by atoms with van der Waals surface area (Å²) in [4.78, 5) is 25.2. The number of carbonyl (C=O) groups is 2. The van der Waals surface area contributed by atoms with E-state index in [-0.39, 0.29) is 19.3 Å². The van der Waals surface area contributed by atoms with Crippen LogP contribution in [0.15, 0.2) is 78.9 Å². The van der Waals surface area contributed by atoms with Crippen molar-refractivity contribution in [3.63, 3.8) is 0 Å². The highest BCUT2D eigenvalue weighted by Crippen LogP contribution is 2.37. The molecule has 0 radical (unpaired) electrons. The largest absolute Gasteiger partial charge is 0.480 e. The number of carboxylic acid groups (broad SMARTS) is 1. The lowest BCUT2D eigenvalue weighted by Crippen LogP contribution is -2.53. The molecule has 3 aromatic carbocycles. The third-order valence-electron chi connectivity index (χ3n) is 6.67. The normalized spacial score (nSPS) is 14.9. The first-order chi connectivity index (χ1) is 17.9. The highest BCUT2D eigenvalue weighted by molar-refractivity contribution is 7.10. The number of hydrogen-bond donors (Lipinski definition) is 2. The van der Waals surface area contributed by atoms with Crippen LogP contribution in [-0.2, 0) is 19.7 Å². The van der Waals surface area contributed by atoms with Crippen LogP contribution in [0.1, 0.15) is 29.8 Å². The lowest BCUT2D eigenvalue weighted by atomic mass is 9.78. The van der Waals surface area contributed by atoms with Crippen LogP contribution < -0.4 is 5.32 Å². The van der Waals surface area contributed by atoms with Crippen molar-refractivity contribution in [3.05, 3.63) is 95.7 Å². The average Bonchev–Trinajstić information content (AvgIpc) is 3.24. The molecule has 0 saturated carbocycles. The SMILES string of the molecule is Cc1nsc(-c2ccc(-c3ccc(C4(C(=O)O)COC4)cc3)cc2)c1NC(=O)O[C@H](C)c1ccccc1. The Morgan fingerprint density at radius 1 is 0.973 bits per heavy atom. The number of nitrogens with one attached hydrogen (secondary N) is 1. The van der Waals surface area contributed by atoms with Crippen LogP contribution >= 0.6 is 11.5 Å². The Bertz CT molecular complexity index is 1410. The van der Waals surface area contributed by atoms with Crippen molar-refractivity contribution in [1.29, 1.82) is 0 Å². The van der Waals surface area contributed by atoms with Crippen molar-refractivity contribution < 1.29 is 24.2 Å². The zero-order chi connectivity index (χ0) is 26.0. The summed E-state index contributed by atoms with van der Waals surface area (Å²) >= 11 is 1.32. The van der Waals surface area contributed by atoms with Gasteiger partial charge in [-0.05, 0) is 53.2 Å². The third kappa shape index (κ3) is 4.85. The highest BCUT2D eigenvalue weighted by atomic mass is 32.1. The topological polar surface area (TPSA) is 97.8 Å². The molecule has 0 unspecified atom stereocenters. The summed E-state index contributed by atoms with van der Waals surface area (Å²) in [5.74, 6) is -0.862. The minimum atomic E-state index is -0.949. The van der Waals surface area contributed by atoms with Gasteiger partial charge in [0.15, 0.2) is 0 Å². The van der Waals surface area contributed by atoms with E-state index in [1.807, 2.05) is 92.7 Å². The van der Waals surface area contributed by atoms with E-state index in [4.69, 9.17) is 9.47 Å². The summed E-state index contributed by atoms with van der Waals surface area (Å²) < 4.78 is 15.2. The Labute approximate surface area is 218 Å². The maximum Gasteiger partial charge on any atom is 0.412 e. The van der Waals surface area contributed by atoms with E-state index in [0.717, 1.165) is 38.4 Å². The van der Waals surface area contributed by atoms with E-state index < -0.39 is 17.5 Å². The van der Waals surface area contributed by atoms with Gasteiger partial charge >= 0.3 is 12.1 Å². The van der Waals surface area contributed by atoms with Crippen molar-refractivity contribution in [1.82, 2.24) is 4.37 Å². The first-order valence-corrected chi connectivity index (χ1v) is 12.7. The molecule has 188 valence electrons. The Balaban J connectivity index is 1.30. The molecule has 0 spiro atoms. The van der Waals surface area contributed by atoms with E-state index in [1.54, 1.807) is 0 Å². The lowest BCUT2D eigenvalue weighted by molar-refractivity contribution is -0.163. The fourth-order valence-corrected chi connectivity index (χ4v) is 5.16. The highest BCUT2D eigenvalue weighted by Gasteiger charge is 2.47. The predicted octanol–water partition coefficient (Wildman–Crippen LogP) is 6.45. The molecular weight excluding hydrogens is 488 g/mol. The van der Waals surface area contributed by atoms with Crippen molar-refractivity contribution in [2.75, 3.05) is 18.5 Å². The third-order valence-corrected chi connectivity index (χ3v) is 7.65. The van der Waals surface area contributed by atoms with Gasteiger partial charge in [-0.25, -0.2) is 4.79 Å². The van der Waals surface area contributed by atoms with Gasteiger partial charge in [-0.2, -0.15) is 4.37 Å². The number of anilines is 1. The predicted molar refractivity (Wildman–Crippen MR) is 143 cm³/mol. The van der Waals surface area contributed by atoms with Crippen molar-refractivity contribution in [2.45, 2.75) is 25.4 Å². The molecule has 4 aromatic rings. The molecule has 1 aromatic heterocycles. The lowest BCUT2D eigenvalue weighted by Gasteiger charge is -2.37. The Hall–Kier alpha value is -4.01. The first kappa shape index (κ1) is 24.7. The molecular formula is C29H26N2O5S. The fourth-order valence-electron chi connectivity index (χ4n) is 4.31. The molecule has 8 heteroatoms. The van der Waals surface area contributed by atoms with Gasteiger partial charge in [0.2, 0.25) is 0 Å². The molecule has 37 heavy (non-hydrogen) atoms. The maximum absolute atomic E-state index is 12.6. The summed E-state index contributed by atoms with van der Waals surface area (Å²) in [6, 6.07) is 25.1. The monoisotopic (exact) mass is 514 g/mol. The molecule has 1 amide bonds. The summed E-state index contributed by atoms with van der Waals surface area (Å²) in [5, 5.41) is 12.5. The number of carbonyl (C=O) groups excluding carboxylic acids is 1. The number of aliphatic carboxylic acids is 1. The number of ether oxygens (including phenoxy) is 2. The van der Waals surface area contributed by atoms with Gasteiger partial charge in [0.05, 0.1) is 29.5 Å². The molecule has 2 heterocycles. The minimum Gasteiger partial charge on any atom is -0.480 e. The number of benzene rings is 3. The summed E-state index contributed by atoms with van der Waals surface area (Å²) in [6.45, 7) is 4.07. The average molecular weight is 515 g/mol. The van der Waals surface area contributed by atoms with Crippen LogP contribution in [0.5, 0.6) is 0 Å². The number of aryl methyl sites for hydroxylation is 1. The van der Waals surface area contributed by atoms with Crippen LogP contribution in [0.2, 0.25) is 0 Å². The Kier molecular flexibility index (Phi) is 6.78. The van der Waals surface area contributed by atoms with E-state index in [1.165, 1.54) is 11.5 Å². The maximum atomic E-state index is 12.6. The Morgan fingerprint density at radius 2 is 1.57 bits per heavy atom. The van der Waals surface area contributed by atoms with Gasteiger partial charge in [0.25, 0.3) is 0 Å². The van der Waals surface area contributed by atoms with E-state index >= 15 is 0 Å². The van der Waals surface area contributed by atoms with E-state index in [2.05, 4.69) is 9.69 Å². The molecule has 1 atom stereocenters. The van der Waals surface area contributed by atoms with E-state index in [9.17, 15) is 14.7 Å². The van der Waals surface area contributed by atoms with Gasteiger partial charge < -0.3 is 14.6 Å². The molecule has 7 nitrogen and oxygen atoms in total. The molecule has 0 aliphatic carbocycles. The fraction of sp³-hybridized carbons (Fsp3) is 0.207. The van der Waals surface area contributed by atoms with Gasteiger partial charge in [-0.15, -0.1) is 0 Å². The number of hydrogen-bond acceptors (Lipinski definition) is 6. The van der Waals surface area contributed by atoms with Crippen molar-refractivity contribution >= 4 is 29.3 Å². The number of amides is 1. The number of carboxylic acids is 1. The molecule has 1 fully saturated rings. The minimum absolute atomic E-state index is 0.194. The Morgan fingerprint density at radius 3 is 2.14 bits per heavy atom. The molecule has 1 aliphatic rings. The van der Waals surface area contributed by atoms with Gasteiger partial charge in [0, 0.05) is 0 Å². The smallest absolute Gasteiger partial charge is 0.412 e. The molecule has 0 bridgehead atoms. The first-order valence-electron chi connectivity index (χ1n) is 11.9. The number of nitrogens with zero attached hydrogens (tertiary/aromatic N) is 1. The zero-order valence-electron chi connectivity index (χ0n) is 20.4. The van der Waals surface area contributed by atoms with Crippen LogP contribution in [0.25, 0.3) is 21.6 Å². The van der Waals surface area contributed by atoms with Crippen LogP contribution in [-0.4, -0.2) is 34.8 Å². The number of aromatic nitrogens is 1. The van der Waals surface area contributed by atoms with Gasteiger partial charge in [-0.3, -0.25) is 10.1 Å². The van der Waals surface area contributed by atoms with Crippen molar-refractivity contribution in [2.24, 2.45) is 0 Å². The number of rotatable bonds is 7. The van der Waals surface area contributed by atoms with Crippen LogP contribution in [0.3, 0.4) is 0 Å². The molecule has 5 rings (SSSR count). The van der Waals surface area contributed by atoms with Crippen LogP contribution in [0.4, 0.5) is 10.5 Å².